The van der Waals surface area contributed by atoms with Gasteiger partial charge in [-0.2, -0.15) is 5.10 Å². The molecule has 0 spiro atoms. The Balaban J connectivity index is 1.19. The summed E-state index contributed by atoms with van der Waals surface area (Å²) in [5.41, 5.74) is 4.37. The van der Waals surface area contributed by atoms with Crippen LogP contribution in [0, 0.1) is 5.92 Å². The average Bonchev–Trinajstić information content (AvgIpc) is 3.49. The van der Waals surface area contributed by atoms with Gasteiger partial charge in [0, 0.05) is 60.4 Å². The topological polar surface area (TPSA) is 73.5 Å². The third-order valence-electron chi connectivity index (χ3n) is 6.32. The lowest BCUT2D eigenvalue weighted by molar-refractivity contribution is 0.621. The minimum absolute atomic E-state index is 0.760. The normalized spacial score (nSPS) is 16.0. The number of allylic oxidation sites excluding steroid dienone is 1. The van der Waals surface area contributed by atoms with Crippen LogP contribution < -0.4 is 5.32 Å². The Bertz CT molecular complexity index is 1330. The molecule has 0 saturated heterocycles. The Morgan fingerprint density at radius 2 is 2.06 bits per heavy atom. The third kappa shape index (κ3) is 4.58. The van der Waals surface area contributed by atoms with Crippen LogP contribution in [0.25, 0.3) is 22.0 Å². The number of fused-ring (bicyclic) bond motifs is 2. The van der Waals surface area contributed by atoms with Gasteiger partial charge < -0.3 is 9.88 Å². The minimum atomic E-state index is 0.760. The van der Waals surface area contributed by atoms with E-state index in [1.807, 2.05) is 30.3 Å². The molecule has 4 aromatic rings. The molecule has 1 aliphatic heterocycles. The van der Waals surface area contributed by atoms with E-state index in [2.05, 4.69) is 60.5 Å². The molecule has 7 nitrogen and oxygen atoms in total. The Kier molecular flexibility index (Phi) is 5.47. The van der Waals surface area contributed by atoms with Gasteiger partial charge in [-0.05, 0) is 55.5 Å². The number of nitrogens with one attached hydrogen (secondary N) is 1. The summed E-state index contributed by atoms with van der Waals surface area (Å²) >= 11 is 1.76. The van der Waals surface area contributed by atoms with Crippen molar-refractivity contribution in [1.29, 1.82) is 0 Å². The zero-order valence-electron chi connectivity index (χ0n) is 18.7. The summed E-state index contributed by atoms with van der Waals surface area (Å²) < 4.78 is 4.10. The van der Waals surface area contributed by atoms with Crippen LogP contribution in [-0.4, -0.2) is 42.6 Å². The van der Waals surface area contributed by atoms with E-state index in [0.717, 1.165) is 71.4 Å². The first kappa shape index (κ1) is 20.6. The van der Waals surface area contributed by atoms with E-state index in [1.54, 1.807) is 11.8 Å². The second kappa shape index (κ2) is 8.76. The molecule has 0 bridgehead atoms. The maximum absolute atomic E-state index is 4.65. The molecular formula is C25H27N7S. The van der Waals surface area contributed by atoms with Crippen molar-refractivity contribution in [1.82, 2.24) is 34.8 Å². The lowest BCUT2D eigenvalue weighted by Gasteiger charge is -2.08. The summed E-state index contributed by atoms with van der Waals surface area (Å²) in [7, 11) is 1.93. The van der Waals surface area contributed by atoms with E-state index in [-0.39, 0.29) is 0 Å². The first-order chi connectivity index (χ1) is 16.2. The van der Waals surface area contributed by atoms with Gasteiger partial charge in [0.15, 0.2) is 5.16 Å². The molecule has 4 heterocycles. The van der Waals surface area contributed by atoms with Crippen LogP contribution >= 0.6 is 11.8 Å². The lowest BCUT2D eigenvalue weighted by Crippen LogP contribution is -2.18. The standard InChI is InChI=1S/C25H27N7S/c1-31-16-21(14-28-31)20-11-19-9-18(6-7-23(19)27-13-20)10-24-29-30-25-32(24)8-2-3-22(33-25)15-26-12-17-4-5-17/h3,6-7,9,11,13-14,16-17,26H,2,4-5,8,10,12,15H2,1H3. The smallest absolute Gasteiger partial charge is 0.195 e. The van der Waals surface area contributed by atoms with Crippen molar-refractivity contribution in [2.24, 2.45) is 13.0 Å². The SMILES string of the molecule is Cn1cc(-c2cnc3ccc(Cc4nnc5n4CCC=C(CNCC4CC4)S5)cc3c2)cn1. The monoisotopic (exact) mass is 457 g/mol. The second-order valence-electron chi connectivity index (χ2n) is 9.02. The summed E-state index contributed by atoms with van der Waals surface area (Å²) in [6, 6.07) is 8.65. The van der Waals surface area contributed by atoms with Crippen LogP contribution in [0.2, 0.25) is 0 Å². The highest BCUT2D eigenvalue weighted by molar-refractivity contribution is 8.03. The zero-order chi connectivity index (χ0) is 22.2. The predicted molar refractivity (Wildman–Crippen MR) is 131 cm³/mol. The Morgan fingerprint density at radius 3 is 2.91 bits per heavy atom. The largest absolute Gasteiger partial charge is 0.312 e. The van der Waals surface area contributed by atoms with Crippen LogP contribution in [0.5, 0.6) is 0 Å². The summed E-state index contributed by atoms with van der Waals surface area (Å²) in [6.45, 7) is 2.99. The highest BCUT2D eigenvalue weighted by Crippen LogP contribution is 2.31. The van der Waals surface area contributed by atoms with Gasteiger partial charge in [0.05, 0.1) is 11.7 Å². The average molecular weight is 458 g/mol. The van der Waals surface area contributed by atoms with Gasteiger partial charge in [-0.15, -0.1) is 10.2 Å². The van der Waals surface area contributed by atoms with Crippen molar-refractivity contribution >= 4 is 22.7 Å². The van der Waals surface area contributed by atoms with E-state index in [0.29, 0.717) is 0 Å². The van der Waals surface area contributed by atoms with E-state index in [4.69, 9.17) is 0 Å². The van der Waals surface area contributed by atoms with E-state index in [1.165, 1.54) is 23.3 Å². The molecular weight excluding hydrogens is 430 g/mol. The maximum Gasteiger partial charge on any atom is 0.195 e. The molecule has 0 radical (unpaired) electrons. The van der Waals surface area contributed by atoms with Crippen molar-refractivity contribution in [2.75, 3.05) is 13.1 Å². The van der Waals surface area contributed by atoms with Gasteiger partial charge in [0.2, 0.25) is 0 Å². The highest BCUT2D eigenvalue weighted by Gasteiger charge is 2.21. The van der Waals surface area contributed by atoms with Gasteiger partial charge >= 0.3 is 0 Å². The second-order valence-corrected chi connectivity index (χ2v) is 10.1. The fourth-order valence-electron chi connectivity index (χ4n) is 4.29. The summed E-state index contributed by atoms with van der Waals surface area (Å²) in [5, 5.41) is 19.1. The van der Waals surface area contributed by atoms with Crippen molar-refractivity contribution < 1.29 is 0 Å². The number of benzene rings is 1. The molecule has 0 atom stereocenters. The molecule has 1 N–H and O–H groups in total. The van der Waals surface area contributed by atoms with Gasteiger partial charge in [-0.3, -0.25) is 9.67 Å². The summed E-state index contributed by atoms with van der Waals surface area (Å²) in [6.07, 6.45) is 12.7. The van der Waals surface area contributed by atoms with Crippen LogP contribution in [0.1, 0.15) is 30.7 Å². The fraction of sp³-hybridized carbons (Fsp3) is 0.360. The predicted octanol–water partition coefficient (Wildman–Crippen LogP) is 4.20. The first-order valence-corrected chi connectivity index (χ1v) is 12.4. The number of thioether (sulfide) groups is 1. The van der Waals surface area contributed by atoms with E-state index < -0.39 is 0 Å². The number of hydrogen-bond acceptors (Lipinski definition) is 6. The maximum atomic E-state index is 4.65. The molecule has 6 rings (SSSR count). The van der Waals surface area contributed by atoms with Crippen molar-refractivity contribution in [3.8, 4) is 11.1 Å². The molecule has 1 fully saturated rings. The quantitative estimate of drug-likeness (QED) is 0.448. The molecule has 33 heavy (non-hydrogen) atoms. The first-order valence-electron chi connectivity index (χ1n) is 11.6. The summed E-state index contributed by atoms with van der Waals surface area (Å²) in [4.78, 5) is 6.00. The van der Waals surface area contributed by atoms with Crippen LogP contribution in [0.15, 0.2) is 59.0 Å². The molecule has 0 amide bonds. The number of nitrogens with zero attached hydrogens (tertiary/aromatic N) is 6. The van der Waals surface area contributed by atoms with Gasteiger partial charge in [-0.1, -0.05) is 23.9 Å². The number of hydrogen-bond donors (Lipinski definition) is 1. The van der Waals surface area contributed by atoms with Crippen molar-refractivity contribution in [2.45, 2.75) is 37.4 Å². The fourth-order valence-corrected chi connectivity index (χ4v) is 5.29. The van der Waals surface area contributed by atoms with Gasteiger partial charge in [0.25, 0.3) is 0 Å². The molecule has 2 aliphatic rings. The van der Waals surface area contributed by atoms with Crippen LogP contribution in [-0.2, 0) is 20.0 Å². The number of aryl methyl sites for hydroxylation is 1. The number of aromatic nitrogens is 6. The van der Waals surface area contributed by atoms with Crippen LogP contribution in [0.3, 0.4) is 0 Å². The van der Waals surface area contributed by atoms with Crippen molar-refractivity contribution in [3.63, 3.8) is 0 Å². The molecule has 1 aromatic carbocycles. The van der Waals surface area contributed by atoms with Gasteiger partial charge in [0.1, 0.15) is 5.82 Å². The molecule has 8 heteroatoms. The molecule has 0 unspecified atom stereocenters. The minimum Gasteiger partial charge on any atom is -0.312 e. The highest BCUT2D eigenvalue weighted by atomic mass is 32.2. The molecule has 3 aromatic heterocycles. The molecule has 168 valence electrons. The van der Waals surface area contributed by atoms with E-state index >= 15 is 0 Å². The number of rotatable bonds is 7. The Labute approximate surface area is 197 Å². The van der Waals surface area contributed by atoms with Gasteiger partial charge in [-0.25, -0.2) is 0 Å². The number of pyridine rings is 1. The Hall–Kier alpha value is -2.97. The molecule has 1 saturated carbocycles. The van der Waals surface area contributed by atoms with Crippen LogP contribution in [0.4, 0.5) is 0 Å². The zero-order valence-corrected chi connectivity index (χ0v) is 19.6. The van der Waals surface area contributed by atoms with Crippen molar-refractivity contribution in [3.05, 3.63) is 65.2 Å². The summed E-state index contributed by atoms with van der Waals surface area (Å²) in [5.74, 6) is 1.92. The Morgan fingerprint density at radius 1 is 1.12 bits per heavy atom. The third-order valence-corrected chi connectivity index (χ3v) is 7.37. The van der Waals surface area contributed by atoms with E-state index in [9.17, 15) is 0 Å². The molecule has 1 aliphatic carbocycles. The lowest BCUT2D eigenvalue weighted by atomic mass is 10.0.